The van der Waals surface area contributed by atoms with Crippen molar-refractivity contribution < 1.29 is 23.7 Å². The van der Waals surface area contributed by atoms with Crippen molar-refractivity contribution in [3.63, 3.8) is 0 Å². The molecule has 0 radical (unpaired) electrons. The lowest BCUT2D eigenvalue weighted by molar-refractivity contribution is -0.122. The molecule has 2 aliphatic heterocycles. The average molecular weight is 345 g/mol. The first-order valence-electron chi connectivity index (χ1n) is 7.41. The van der Waals surface area contributed by atoms with Gasteiger partial charge in [-0.2, -0.15) is 0 Å². The Morgan fingerprint density at radius 1 is 1.35 bits per heavy atom. The van der Waals surface area contributed by atoms with Crippen molar-refractivity contribution in [1.29, 1.82) is 0 Å². The Bertz CT molecular complexity index is 523. The van der Waals surface area contributed by atoms with Crippen molar-refractivity contribution >= 4 is 18.3 Å². The maximum Gasteiger partial charge on any atom is 0.231 e. The molecule has 3 rings (SSSR count). The van der Waals surface area contributed by atoms with Crippen LogP contribution < -0.4 is 24.8 Å². The minimum Gasteiger partial charge on any atom is -0.492 e. The Labute approximate surface area is 141 Å². The average Bonchev–Trinajstić information content (AvgIpc) is 3.00. The third-order valence-electron chi connectivity index (χ3n) is 3.47. The molecular weight excluding hydrogens is 324 g/mol. The summed E-state index contributed by atoms with van der Waals surface area (Å²) in [5.41, 5.74) is 0. The van der Waals surface area contributed by atoms with Crippen LogP contribution in [0.3, 0.4) is 0 Å². The van der Waals surface area contributed by atoms with E-state index in [1.165, 1.54) is 0 Å². The summed E-state index contributed by atoms with van der Waals surface area (Å²) in [6.45, 7) is 3.20. The van der Waals surface area contributed by atoms with E-state index in [2.05, 4.69) is 10.6 Å². The molecule has 2 N–H and O–H groups in total. The fourth-order valence-electron chi connectivity index (χ4n) is 2.37. The molecule has 2 heterocycles. The molecule has 0 aliphatic carbocycles. The number of carbonyl (C=O) groups is 1. The van der Waals surface area contributed by atoms with E-state index in [1.54, 1.807) is 6.07 Å². The van der Waals surface area contributed by atoms with Crippen LogP contribution in [-0.4, -0.2) is 51.7 Å². The summed E-state index contributed by atoms with van der Waals surface area (Å²) in [6.07, 6.45) is 0.421. The van der Waals surface area contributed by atoms with Crippen LogP contribution in [0.25, 0.3) is 0 Å². The molecule has 0 bridgehead atoms. The van der Waals surface area contributed by atoms with Crippen LogP contribution >= 0.6 is 12.4 Å². The quantitative estimate of drug-likeness (QED) is 0.740. The molecule has 1 aromatic carbocycles. The highest BCUT2D eigenvalue weighted by molar-refractivity contribution is 5.85. The van der Waals surface area contributed by atoms with E-state index in [1.807, 2.05) is 12.1 Å². The second-order valence-corrected chi connectivity index (χ2v) is 5.14. The standard InChI is InChI=1S/C15H20N2O5.ClH/c18-15(7-11-9-19-5-3-16-11)17-4-6-20-12-1-2-13-14(8-12)22-10-21-13;/h1-2,8,11,16H,3-7,9-10H2,(H,17,18);1H. The fraction of sp³-hybridized carbons (Fsp3) is 0.533. The Morgan fingerprint density at radius 3 is 3.04 bits per heavy atom. The van der Waals surface area contributed by atoms with E-state index in [0.29, 0.717) is 44.3 Å². The normalized spacial score (nSPS) is 18.9. The van der Waals surface area contributed by atoms with Crippen molar-refractivity contribution in [1.82, 2.24) is 10.6 Å². The van der Waals surface area contributed by atoms with Gasteiger partial charge in [0, 0.05) is 25.1 Å². The van der Waals surface area contributed by atoms with Gasteiger partial charge < -0.3 is 29.6 Å². The molecule has 1 amide bonds. The molecule has 0 saturated carbocycles. The van der Waals surface area contributed by atoms with E-state index in [9.17, 15) is 4.79 Å². The molecule has 1 aromatic rings. The highest BCUT2D eigenvalue weighted by atomic mass is 35.5. The highest BCUT2D eigenvalue weighted by Gasteiger charge is 2.16. The lowest BCUT2D eigenvalue weighted by Crippen LogP contribution is -2.44. The lowest BCUT2D eigenvalue weighted by atomic mass is 10.2. The Balaban J connectivity index is 0.00000192. The summed E-state index contributed by atoms with van der Waals surface area (Å²) in [7, 11) is 0. The van der Waals surface area contributed by atoms with Gasteiger partial charge in [0.05, 0.1) is 19.8 Å². The predicted molar refractivity (Wildman–Crippen MR) is 85.5 cm³/mol. The van der Waals surface area contributed by atoms with Crippen LogP contribution in [0.5, 0.6) is 17.2 Å². The molecule has 1 fully saturated rings. The minimum absolute atomic E-state index is 0. The predicted octanol–water partition coefficient (Wildman–Crippen LogP) is 0.711. The number of halogens is 1. The first kappa shape index (κ1) is 17.7. The third kappa shape index (κ3) is 5.16. The molecule has 1 saturated heterocycles. The van der Waals surface area contributed by atoms with Gasteiger partial charge in [-0.05, 0) is 12.1 Å². The SMILES string of the molecule is Cl.O=C(CC1COCCN1)NCCOc1ccc2c(c1)OCO2. The van der Waals surface area contributed by atoms with Crippen LogP contribution in [-0.2, 0) is 9.53 Å². The Morgan fingerprint density at radius 2 is 2.22 bits per heavy atom. The van der Waals surface area contributed by atoms with Crippen molar-refractivity contribution in [2.24, 2.45) is 0 Å². The maximum atomic E-state index is 11.8. The van der Waals surface area contributed by atoms with Gasteiger partial charge in [-0.1, -0.05) is 0 Å². The van der Waals surface area contributed by atoms with Crippen LogP contribution in [0.2, 0.25) is 0 Å². The topological polar surface area (TPSA) is 78.1 Å². The van der Waals surface area contributed by atoms with E-state index in [0.717, 1.165) is 12.3 Å². The zero-order valence-corrected chi connectivity index (χ0v) is 13.5. The van der Waals surface area contributed by atoms with Gasteiger partial charge in [-0.15, -0.1) is 12.4 Å². The van der Waals surface area contributed by atoms with Crippen molar-refractivity contribution in [3.05, 3.63) is 18.2 Å². The second-order valence-electron chi connectivity index (χ2n) is 5.14. The Kier molecular flexibility index (Phi) is 6.76. The first-order chi connectivity index (χ1) is 10.8. The summed E-state index contributed by atoms with van der Waals surface area (Å²) in [5.74, 6) is 2.10. The number of hydrogen-bond acceptors (Lipinski definition) is 6. The summed E-state index contributed by atoms with van der Waals surface area (Å²) < 4.78 is 21.4. The maximum absolute atomic E-state index is 11.8. The summed E-state index contributed by atoms with van der Waals surface area (Å²) in [6, 6.07) is 5.51. The van der Waals surface area contributed by atoms with Crippen molar-refractivity contribution in [3.8, 4) is 17.2 Å². The number of amides is 1. The van der Waals surface area contributed by atoms with Crippen LogP contribution in [0.1, 0.15) is 6.42 Å². The molecule has 0 aromatic heterocycles. The number of morpholine rings is 1. The van der Waals surface area contributed by atoms with Gasteiger partial charge >= 0.3 is 0 Å². The monoisotopic (exact) mass is 344 g/mol. The van der Waals surface area contributed by atoms with Crippen LogP contribution in [0, 0.1) is 0 Å². The minimum atomic E-state index is -0.00251. The number of fused-ring (bicyclic) bond motifs is 1. The van der Waals surface area contributed by atoms with E-state index >= 15 is 0 Å². The number of carbonyl (C=O) groups excluding carboxylic acids is 1. The molecule has 1 atom stereocenters. The van der Waals surface area contributed by atoms with E-state index in [-0.39, 0.29) is 31.1 Å². The second kappa shape index (κ2) is 8.81. The smallest absolute Gasteiger partial charge is 0.231 e. The van der Waals surface area contributed by atoms with Crippen LogP contribution in [0.15, 0.2) is 18.2 Å². The number of benzene rings is 1. The van der Waals surface area contributed by atoms with Crippen molar-refractivity contribution in [2.75, 3.05) is 39.7 Å². The fourth-order valence-corrected chi connectivity index (χ4v) is 2.37. The zero-order valence-electron chi connectivity index (χ0n) is 12.7. The zero-order chi connectivity index (χ0) is 15.2. The van der Waals surface area contributed by atoms with Gasteiger partial charge in [0.25, 0.3) is 0 Å². The Hall–Kier alpha value is -1.70. The lowest BCUT2D eigenvalue weighted by Gasteiger charge is -2.23. The molecule has 7 nitrogen and oxygen atoms in total. The molecule has 23 heavy (non-hydrogen) atoms. The molecule has 2 aliphatic rings. The van der Waals surface area contributed by atoms with Gasteiger partial charge in [0.2, 0.25) is 12.7 Å². The number of hydrogen-bond donors (Lipinski definition) is 2. The molecule has 0 spiro atoms. The summed E-state index contributed by atoms with van der Waals surface area (Å²) >= 11 is 0. The van der Waals surface area contributed by atoms with E-state index in [4.69, 9.17) is 18.9 Å². The first-order valence-corrected chi connectivity index (χ1v) is 7.41. The highest BCUT2D eigenvalue weighted by Crippen LogP contribution is 2.34. The van der Waals surface area contributed by atoms with Gasteiger partial charge in [0.1, 0.15) is 12.4 Å². The molecule has 128 valence electrons. The van der Waals surface area contributed by atoms with Gasteiger partial charge in [-0.25, -0.2) is 0 Å². The largest absolute Gasteiger partial charge is 0.492 e. The van der Waals surface area contributed by atoms with E-state index < -0.39 is 0 Å². The van der Waals surface area contributed by atoms with Crippen molar-refractivity contribution in [2.45, 2.75) is 12.5 Å². The third-order valence-corrected chi connectivity index (χ3v) is 3.47. The molecular formula is C15H21ClN2O5. The summed E-state index contributed by atoms with van der Waals surface area (Å²) in [5, 5.41) is 6.08. The van der Waals surface area contributed by atoms with Crippen LogP contribution in [0.4, 0.5) is 0 Å². The summed E-state index contributed by atoms with van der Waals surface area (Å²) in [4.78, 5) is 11.8. The number of ether oxygens (including phenoxy) is 4. The number of nitrogens with one attached hydrogen (secondary N) is 2. The van der Waals surface area contributed by atoms with Gasteiger partial charge in [-0.3, -0.25) is 4.79 Å². The molecule has 1 unspecified atom stereocenters. The number of rotatable bonds is 6. The van der Waals surface area contributed by atoms with Gasteiger partial charge in [0.15, 0.2) is 11.5 Å². The molecule has 8 heteroatoms.